The molecule has 1 amide bonds. The number of aryl methyl sites for hydroxylation is 2. The van der Waals surface area contributed by atoms with Crippen molar-refractivity contribution in [3.63, 3.8) is 0 Å². The first kappa shape index (κ1) is 22.8. The second-order valence-corrected chi connectivity index (χ2v) is 9.53. The van der Waals surface area contributed by atoms with E-state index in [1.807, 2.05) is 56.3 Å². The van der Waals surface area contributed by atoms with E-state index in [9.17, 15) is 4.79 Å². The number of amides is 1. The van der Waals surface area contributed by atoms with Crippen molar-refractivity contribution in [1.82, 2.24) is 19.7 Å². The SMILES string of the molecule is Cc1cc(C)c(NC(=O)CSc2nnc(CN3CCCCC3)n2-c2ccccc2)c(Cl)c1. The van der Waals surface area contributed by atoms with Gasteiger partial charge in [0.2, 0.25) is 5.91 Å². The molecule has 2 aromatic carbocycles. The number of piperidine rings is 1. The molecule has 3 aromatic rings. The molecule has 0 spiro atoms. The highest BCUT2D eigenvalue weighted by molar-refractivity contribution is 7.99. The number of benzene rings is 2. The Morgan fingerprint density at radius 1 is 1.09 bits per heavy atom. The zero-order valence-corrected chi connectivity index (χ0v) is 20.0. The van der Waals surface area contributed by atoms with Crippen LogP contribution in [-0.4, -0.2) is 44.4 Å². The molecular formula is C24H28ClN5OS. The molecule has 4 rings (SSSR count). The molecule has 1 fully saturated rings. The van der Waals surface area contributed by atoms with Gasteiger partial charge in [-0.05, 0) is 69.1 Å². The van der Waals surface area contributed by atoms with Gasteiger partial charge in [0.15, 0.2) is 11.0 Å². The van der Waals surface area contributed by atoms with Crippen LogP contribution in [-0.2, 0) is 11.3 Å². The highest BCUT2D eigenvalue weighted by Crippen LogP contribution is 2.28. The molecule has 0 unspecified atom stereocenters. The Bertz CT molecular complexity index is 1060. The maximum absolute atomic E-state index is 12.7. The molecule has 0 bridgehead atoms. The summed E-state index contributed by atoms with van der Waals surface area (Å²) >= 11 is 7.73. The molecule has 2 heterocycles. The van der Waals surface area contributed by atoms with Crippen molar-refractivity contribution in [2.75, 3.05) is 24.2 Å². The standard InChI is InChI=1S/C24H28ClN5OS/c1-17-13-18(2)23(20(25)14-17)26-22(31)16-32-24-28-27-21(15-29-11-7-4-8-12-29)30(24)19-9-5-3-6-10-19/h3,5-6,9-10,13-14H,4,7-8,11-12,15-16H2,1-2H3,(H,26,31). The Labute approximate surface area is 198 Å². The van der Waals surface area contributed by atoms with Crippen molar-refractivity contribution >= 4 is 35.0 Å². The van der Waals surface area contributed by atoms with Gasteiger partial charge in [0.1, 0.15) is 0 Å². The van der Waals surface area contributed by atoms with Crippen molar-refractivity contribution in [2.45, 2.75) is 44.8 Å². The lowest BCUT2D eigenvalue weighted by Gasteiger charge is -2.26. The number of nitrogens with one attached hydrogen (secondary N) is 1. The third-order valence-electron chi connectivity index (χ3n) is 5.56. The van der Waals surface area contributed by atoms with Gasteiger partial charge in [-0.3, -0.25) is 14.3 Å². The van der Waals surface area contributed by atoms with Crippen molar-refractivity contribution < 1.29 is 4.79 Å². The van der Waals surface area contributed by atoms with Crippen LogP contribution in [0.4, 0.5) is 5.69 Å². The smallest absolute Gasteiger partial charge is 0.234 e. The average molecular weight is 470 g/mol. The number of nitrogens with zero attached hydrogens (tertiary/aromatic N) is 4. The number of hydrogen-bond acceptors (Lipinski definition) is 5. The molecule has 168 valence electrons. The monoisotopic (exact) mass is 469 g/mol. The highest BCUT2D eigenvalue weighted by Gasteiger charge is 2.20. The van der Waals surface area contributed by atoms with Crippen LogP contribution in [0.2, 0.25) is 5.02 Å². The quantitative estimate of drug-likeness (QED) is 0.478. The normalized spacial score (nSPS) is 14.5. The molecule has 1 N–H and O–H groups in total. The number of rotatable bonds is 7. The molecule has 0 saturated carbocycles. The average Bonchev–Trinajstić information content (AvgIpc) is 3.18. The van der Waals surface area contributed by atoms with Crippen LogP contribution in [0.5, 0.6) is 0 Å². The maximum atomic E-state index is 12.7. The highest BCUT2D eigenvalue weighted by atomic mass is 35.5. The van der Waals surface area contributed by atoms with Crippen molar-refractivity contribution in [1.29, 1.82) is 0 Å². The van der Waals surface area contributed by atoms with E-state index in [2.05, 4.69) is 25.0 Å². The summed E-state index contributed by atoms with van der Waals surface area (Å²) in [4.78, 5) is 15.1. The minimum atomic E-state index is -0.121. The number of halogens is 1. The van der Waals surface area contributed by atoms with Crippen molar-refractivity contribution in [2.24, 2.45) is 0 Å². The Balaban J connectivity index is 1.50. The first-order chi connectivity index (χ1) is 15.5. The van der Waals surface area contributed by atoms with Crippen LogP contribution >= 0.6 is 23.4 Å². The first-order valence-electron chi connectivity index (χ1n) is 10.9. The van der Waals surface area contributed by atoms with E-state index in [0.29, 0.717) is 15.9 Å². The molecule has 1 aliphatic rings. The molecule has 32 heavy (non-hydrogen) atoms. The minimum Gasteiger partial charge on any atom is -0.324 e. The second kappa shape index (κ2) is 10.5. The van der Waals surface area contributed by atoms with Gasteiger partial charge in [0.05, 0.1) is 23.0 Å². The summed E-state index contributed by atoms with van der Waals surface area (Å²) < 4.78 is 2.07. The fraction of sp³-hybridized carbons (Fsp3) is 0.375. The Kier molecular flexibility index (Phi) is 7.50. The molecule has 1 aromatic heterocycles. The minimum absolute atomic E-state index is 0.121. The topological polar surface area (TPSA) is 63.1 Å². The van der Waals surface area contributed by atoms with Crippen LogP contribution in [0.25, 0.3) is 5.69 Å². The summed E-state index contributed by atoms with van der Waals surface area (Å²) in [5.74, 6) is 1.00. The molecule has 1 aliphatic heterocycles. The van der Waals surface area contributed by atoms with Crippen molar-refractivity contribution in [3.8, 4) is 5.69 Å². The van der Waals surface area contributed by atoms with E-state index in [-0.39, 0.29) is 11.7 Å². The lowest BCUT2D eigenvalue weighted by Crippen LogP contribution is -2.30. The zero-order chi connectivity index (χ0) is 22.5. The fourth-order valence-corrected chi connectivity index (χ4v) is 5.17. The van der Waals surface area contributed by atoms with Crippen LogP contribution in [0.3, 0.4) is 0 Å². The number of hydrogen-bond donors (Lipinski definition) is 1. The molecule has 1 saturated heterocycles. The second-order valence-electron chi connectivity index (χ2n) is 8.18. The number of likely N-dealkylation sites (tertiary alicyclic amines) is 1. The van der Waals surface area contributed by atoms with Gasteiger partial charge in [-0.15, -0.1) is 10.2 Å². The van der Waals surface area contributed by atoms with E-state index in [1.165, 1.54) is 31.0 Å². The number of para-hydroxylation sites is 1. The Hall–Kier alpha value is -2.35. The van der Waals surface area contributed by atoms with Gasteiger partial charge >= 0.3 is 0 Å². The Morgan fingerprint density at radius 2 is 1.84 bits per heavy atom. The van der Waals surface area contributed by atoms with E-state index < -0.39 is 0 Å². The molecule has 0 radical (unpaired) electrons. The number of anilines is 1. The number of carbonyl (C=O) groups is 1. The van der Waals surface area contributed by atoms with E-state index in [4.69, 9.17) is 11.6 Å². The van der Waals surface area contributed by atoms with Crippen LogP contribution in [0, 0.1) is 13.8 Å². The van der Waals surface area contributed by atoms with Crippen molar-refractivity contribution in [3.05, 3.63) is 64.4 Å². The third kappa shape index (κ3) is 5.52. The zero-order valence-electron chi connectivity index (χ0n) is 18.5. The van der Waals surface area contributed by atoms with Crippen LogP contribution < -0.4 is 5.32 Å². The maximum Gasteiger partial charge on any atom is 0.234 e. The number of thioether (sulfide) groups is 1. The summed E-state index contributed by atoms with van der Waals surface area (Å²) in [7, 11) is 0. The van der Waals surface area contributed by atoms with E-state index in [1.54, 1.807) is 0 Å². The van der Waals surface area contributed by atoms with Gasteiger partial charge in [-0.2, -0.15) is 0 Å². The third-order valence-corrected chi connectivity index (χ3v) is 6.78. The largest absolute Gasteiger partial charge is 0.324 e. The summed E-state index contributed by atoms with van der Waals surface area (Å²) in [6, 6.07) is 14.0. The molecule has 0 atom stereocenters. The lowest BCUT2D eigenvalue weighted by molar-refractivity contribution is -0.113. The Morgan fingerprint density at radius 3 is 2.56 bits per heavy atom. The fourth-order valence-electron chi connectivity index (χ4n) is 4.03. The van der Waals surface area contributed by atoms with E-state index in [0.717, 1.165) is 42.3 Å². The van der Waals surface area contributed by atoms with Gasteiger partial charge in [0.25, 0.3) is 0 Å². The summed E-state index contributed by atoms with van der Waals surface area (Å²) in [6.07, 6.45) is 3.74. The molecule has 6 nitrogen and oxygen atoms in total. The van der Waals surface area contributed by atoms with Crippen LogP contribution in [0.15, 0.2) is 47.6 Å². The van der Waals surface area contributed by atoms with Gasteiger partial charge in [-0.1, -0.05) is 54.0 Å². The van der Waals surface area contributed by atoms with Gasteiger partial charge in [-0.25, -0.2) is 0 Å². The van der Waals surface area contributed by atoms with Gasteiger partial charge < -0.3 is 5.32 Å². The summed E-state index contributed by atoms with van der Waals surface area (Å²) in [5.41, 5.74) is 3.68. The summed E-state index contributed by atoms with van der Waals surface area (Å²) in [6.45, 7) is 6.86. The number of carbonyl (C=O) groups excluding carboxylic acids is 1. The molecule has 8 heteroatoms. The van der Waals surface area contributed by atoms with Crippen LogP contribution in [0.1, 0.15) is 36.2 Å². The predicted molar refractivity (Wildman–Crippen MR) is 131 cm³/mol. The summed E-state index contributed by atoms with van der Waals surface area (Å²) in [5, 5.41) is 13.1. The van der Waals surface area contributed by atoms with E-state index >= 15 is 0 Å². The molecule has 0 aliphatic carbocycles. The molecular weight excluding hydrogens is 442 g/mol. The number of aromatic nitrogens is 3. The van der Waals surface area contributed by atoms with Gasteiger partial charge in [0, 0.05) is 5.69 Å². The predicted octanol–water partition coefficient (Wildman–Crippen LogP) is 5.25. The lowest BCUT2D eigenvalue weighted by atomic mass is 10.1. The first-order valence-corrected chi connectivity index (χ1v) is 12.3.